The summed E-state index contributed by atoms with van der Waals surface area (Å²) in [4.78, 5) is 15.6. The average Bonchev–Trinajstić information content (AvgIpc) is 2.33. The minimum absolute atomic E-state index is 0.0702. The van der Waals surface area contributed by atoms with Gasteiger partial charge in [-0.2, -0.15) is 0 Å². The number of hydrogen-bond acceptors (Lipinski definition) is 4. The van der Waals surface area contributed by atoms with Crippen LogP contribution in [-0.2, 0) is 9.53 Å². The molecule has 1 unspecified atom stereocenters. The molecule has 92 valence electrons. The van der Waals surface area contributed by atoms with E-state index < -0.39 is 0 Å². The van der Waals surface area contributed by atoms with E-state index in [-0.39, 0.29) is 12.0 Å². The smallest absolute Gasteiger partial charge is 0.227 e. The summed E-state index contributed by atoms with van der Waals surface area (Å²) in [5.74, 6) is -0.117. The van der Waals surface area contributed by atoms with E-state index >= 15 is 0 Å². The first-order chi connectivity index (χ1) is 8.25. The fraction of sp³-hybridized carbons (Fsp3) is 0.455. The molecular weight excluding hydrogens is 242 g/mol. The number of halogens is 1. The maximum Gasteiger partial charge on any atom is 0.227 e. The molecule has 1 aromatic heterocycles. The number of hydrogen-bond donors (Lipinski definition) is 2. The Morgan fingerprint density at radius 3 is 3.29 bits per heavy atom. The number of carbonyl (C=O) groups is 1. The second kappa shape index (κ2) is 5.95. The molecule has 5 nitrogen and oxygen atoms in total. The zero-order chi connectivity index (χ0) is 12.1. The number of carbonyl (C=O) groups excluding carboxylic acids is 1. The first-order valence-corrected chi connectivity index (χ1v) is 5.85. The number of rotatable bonds is 3. The van der Waals surface area contributed by atoms with Crippen LogP contribution >= 0.6 is 11.6 Å². The standard InChI is InChI=1S/C11H14ClN3O2/c12-9-1-2-13-7-10(9)15-11(16)5-8-6-14-3-4-17-8/h1-2,7-8,14H,3-6H2,(H,15,16). The molecule has 0 aliphatic carbocycles. The molecule has 2 rings (SSSR count). The molecule has 1 aromatic rings. The number of aromatic nitrogens is 1. The molecule has 1 aliphatic rings. The highest BCUT2D eigenvalue weighted by atomic mass is 35.5. The third-order valence-corrected chi connectivity index (χ3v) is 2.79. The number of nitrogens with zero attached hydrogens (tertiary/aromatic N) is 1. The highest BCUT2D eigenvalue weighted by molar-refractivity contribution is 6.33. The molecule has 2 N–H and O–H groups in total. The van der Waals surface area contributed by atoms with Gasteiger partial charge in [-0.25, -0.2) is 0 Å². The number of pyridine rings is 1. The van der Waals surface area contributed by atoms with Crippen molar-refractivity contribution in [3.63, 3.8) is 0 Å². The monoisotopic (exact) mass is 255 g/mol. The van der Waals surface area contributed by atoms with Gasteiger partial charge in [0.05, 0.1) is 36.0 Å². The molecule has 1 fully saturated rings. The summed E-state index contributed by atoms with van der Waals surface area (Å²) in [6.07, 6.45) is 3.35. The van der Waals surface area contributed by atoms with Crippen LogP contribution in [0.3, 0.4) is 0 Å². The summed E-state index contributed by atoms with van der Waals surface area (Å²) >= 11 is 5.91. The molecular formula is C11H14ClN3O2. The third kappa shape index (κ3) is 3.66. The molecule has 0 radical (unpaired) electrons. The SMILES string of the molecule is O=C(CC1CNCCO1)Nc1cnccc1Cl. The normalized spacial score (nSPS) is 19.9. The molecule has 17 heavy (non-hydrogen) atoms. The van der Waals surface area contributed by atoms with Crippen molar-refractivity contribution in [2.24, 2.45) is 0 Å². The van der Waals surface area contributed by atoms with Crippen molar-refractivity contribution in [2.75, 3.05) is 25.0 Å². The first kappa shape index (κ1) is 12.3. The van der Waals surface area contributed by atoms with Gasteiger partial charge in [-0.3, -0.25) is 9.78 Å². The Morgan fingerprint density at radius 2 is 2.59 bits per heavy atom. The second-order valence-corrected chi connectivity index (χ2v) is 4.21. The lowest BCUT2D eigenvalue weighted by atomic mass is 10.2. The van der Waals surface area contributed by atoms with Crippen LogP contribution < -0.4 is 10.6 Å². The number of amides is 1. The van der Waals surface area contributed by atoms with Crippen molar-refractivity contribution < 1.29 is 9.53 Å². The topological polar surface area (TPSA) is 63.2 Å². The summed E-state index contributed by atoms with van der Waals surface area (Å²) < 4.78 is 5.44. The highest BCUT2D eigenvalue weighted by Gasteiger charge is 2.17. The molecule has 1 amide bonds. The van der Waals surface area contributed by atoms with Crippen molar-refractivity contribution in [1.82, 2.24) is 10.3 Å². The van der Waals surface area contributed by atoms with Crippen LogP contribution in [0.25, 0.3) is 0 Å². The molecule has 0 bridgehead atoms. The molecule has 2 heterocycles. The van der Waals surface area contributed by atoms with Crippen LogP contribution in [0.2, 0.25) is 5.02 Å². The Hall–Kier alpha value is -1.17. The van der Waals surface area contributed by atoms with Gasteiger partial charge in [0, 0.05) is 19.3 Å². The van der Waals surface area contributed by atoms with E-state index in [1.165, 1.54) is 6.20 Å². The van der Waals surface area contributed by atoms with E-state index in [2.05, 4.69) is 15.6 Å². The van der Waals surface area contributed by atoms with Gasteiger partial charge in [-0.15, -0.1) is 0 Å². The Morgan fingerprint density at radius 1 is 1.71 bits per heavy atom. The molecule has 0 spiro atoms. The zero-order valence-electron chi connectivity index (χ0n) is 9.28. The van der Waals surface area contributed by atoms with Crippen LogP contribution in [0.4, 0.5) is 5.69 Å². The second-order valence-electron chi connectivity index (χ2n) is 3.80. The van der Waals surface area contributed by atoms with Gasteiger partial charge >= 0.3 is 0 Å². The minimum atomic E-state index is -0.117. The van der Waals surface area contributed by atoms with Crippen LogP contribution in [0, 0.1) is 0 Å². The van der Waals surface area contributed by atoms with Gasteiger partial charge in [0.25, 0.3) is 0 Å². The minimum Gasteiger partial charge on any atom is -0.375 e. The quantitative estimate of drug-likeness (QED) is 0.848. The Bertz CT molecular complexity index is 394. The average molecular weight is 256 g/mol. The summed E-state index contributed by atoms with van der Waals surface area (Å²) in [7, 11) is 0. The Balaban J connectivity index is 1.86. The van der Waals surface area contributed by atoms with Crippen molar-refractivity contribution >= 4 is 23.2 Å². The molecule has 6 heteroatoms. The lowest BCUT2D eigenvalue weighted by Crippen LogP contribution is -2.40. The van der Waals surface area contributed by atoms with Gasteiger partial charge in [-0.05, 0) is 6.07 Å². The zero-order valence-corrected chi connectivity index (χ0v) is 10.0. The van der Waals surface area contributed by atoms with Crippen LogP contribution in [0.1, 0.15) is 6.42 Å². The van der Waals surface area contributed by atoms with E-state index in [1.54, 1.807) is 12.3 Å². The summed E-state index contributed by atoms with van der Waals surface area (Å²) in [6.45, 7) is 2.19. The number of anilines is 1. The van der Waals surface area contributed by atoms with Gasteiger partial charge in [0.1, 0.15) is 0 Å². The Labute approximate surface area is 105 Å². The number of morpholine rings is 1. The summed E-state index contributed by atoms with van der Waals surface area (Å²) in [5, 5.41) is 6.37. The summed E-state index contributed by atoms with van der Waals surface area (Å²) in [5.41, 5.74) is 0.530. The van der Waals surface area contributed by atoms with E-state index in [9.17, 15) is 4.79 Å². The first-order valence-electron chi connectivity index (χ1n) is 5.47. The van der Waals surface area contributed by atoms with E-state index in [0.717, 1.165) is 6.54 Å². The van der Waals surface area contributed by atoms with Gasteiger partial charge in [-0.1, -0.05) is 11.6 Å². The maximum absolute atomic E-state index is 11.7. The molecule has 0 saturated carbocycles. The summed E-state index contributed by atoms with van der Waals surface area (Å²) in [6, 6.07) is 1.63. The van der Waals surface area contributed by atoms with E-state index in [0.29, 0.717) is 30.3 Å². The van der Waals surface area contributed by atoms with Crippen molar-refractivity contribution in [3.05, 3.63) is 23.5 Å². The largest absolute Gasteiger partial charge is 0.375 e. The molecule has 1 saturated heterocycles. The molecule has 1 aliphatic heterocycles. The van der Waals surface area contributed by atoms with Gasteiger partial charge < -0.3 is 15.4 Å². The van der Waals surface area contributed by atoms with Crippen molar-refractivity contribution in [3.8, 4) is 0 Å². The van der Waals surface area contributed by atoms with Crippen LogP contribution in [0.15, 0.2) is 18.5 Å². The van der Waals surface area contributed by atoms with Gasteiger partial charge in [0.15, 0.2) is 0 Å². The van der Waals surface area contributed by atoms with E-state index in [4.69, 9.17) is 16.3 Å². The van der Waals surface area contributed by atoms with Crippen LogP contribution in [-0.4, -0.2) is 36.7 Å². The van der Waals surface area contributed by atoms with Crippen molar-refractivity contribution in [2.45, 2.75) is 12.5 Å². The molecule has 1 atom stereocenters. The Kier molecular flexibility index (Phi) is 4.30. The number of ether oxygens (including phenoxy) is 1. The lowest BCUT2D eigenvalue weighted by molar-refractivity contribution is -0.119. The fourth-order valence-electron chi connectivity index (χ4n) is 1.63. The molecule has 0 aromatic carbocycles. The predicted molar refractivity (Wildman–Crippen MR) is 65.1 cm³/mol. The maximum atomic E-state index is 11.7. The highest BCUT2D eigenvalue weighted by Crippen LogP contribution is 2.19. The van der Waals surface area contributed by atoms with Crippen LogP contribution in [0.5, 0.6) is 0 Å². The van der Waals surface area contributed by atoms with Crippen molar-refractivity contribution in [1.29, 1.82) is 0 Å². The number of nitrogens with one attached hydrogen (secondary N) is 2. The lowest BCUT2D eigenvalue weighted by Gasteiger charge is -2.23. The third-order valence-electron chi connectivity index (χ3n) is 2.46. The van der Waals surface area contributed by atoms with Gasteiger partial charge in [0.2, 0.25) is 5.91 Å². The predicted octanol–water partition coefficient (Wildman–Crippen LogP) is 1.05. The fourth-order valence-corrected chi connectivity index (χ4v) is 1.78. The van der Waals surface area contributed by atoms with E-state index in [1.807, 2.05) is 0 Å².